The number of carbonyl (C=O) groups excluding carboxylic acids is 10. The van der Waals surface area contributed by atoms with E-state index < -0.39 is 169 Å². The monoisotopic (exact) mass is 1100 g/mol. The minimum Gasteiger partial charge on any atom is -0.481 e. The van der Waals surface area contributed by atoms with Gasteiger partial charge >= 0.3 is 11.9 Å². The molecule has 0 fully saturated rings. The lowest BCUT2D eigenvalue weighted by Crippen LogP contribution is -2.60. The Morgan fingerprint density at radius 1 is 0.500 bits per heavy atom. The van der Waals surface area contributed by atoms with Crippen LogP contribution in [0.3, 0.4) is 0 Å². The molecule has 0 bridgehead atoms. The first kappa shape index (κ1) is 68.5. The Morgan fingerprint density at radius 2 is 0.868 bits per heavy atom. The number of nitrogens with two attached hydrogens (primary N) is 4. The first-order valence-corrected chi connectivity index (χ1v) is 25.4. The van der Waals surface area contributed by atoms with Gasteiger partial charge in [-0.25, -0.2) is 4.79 Å². The first-order valence-electron chi connectivity index (χ1n) is 24.0. The van der Waals surface area contributed by atoms with E-state index in [1.807, 2.05) is 0 Å². The molecule has 33 heteroatoms. The quantitative estimate of drug-likeness (QED) is 0.0155. The third kappa shape index (κ3) is 28.2. The molecule has 0 aromatic carbocycles. The van der Waals surface area contributed by atoms with Gasteiger partial charge in [0, 0.05) is 25.9 Å². The SMILES string of the molecule is CSCC[C@H](NC(=O)[C@H](CCCNC(=N)N)NC(=O)[C@H](CCCNC(=N)N)NC(=O)[C@H](CO)NC(=O)[C@H](CCC(N)=O)NC(=O)CN)C(=O)N[C@@H](CCC(=O)O)C(=O)N[C@@H](C)C(=O)N[C@@H](C)C(=O)N[C@H](C(=O)O)C(C)C. The fraction of sp³-hybridized carbons (Fsp3) is 0.674. The van der Waals surface area contributed by atoms with Crippen LogP contribution in [-0.4, -0.2) is 191 Å². The van der Waals surface area contributed by atoms with Crippen LogP contribution in [0.1, 0.15) is 85.5 Å². The molecule has 0 saturated carbocycles. The minimum atomic E-state index is -1.76. The third-order valence-corrected chi connectivity index (χ3v) is 11.5. The Labute approximate surface area is 442 Å². The highest BCUT2D eigenvalue weighted by molar-refractivity contribution is 7.98. The summed E-state index contributed by atoms with van der Waals surface area (Å²) >= 11 is 1.26. The maximum absolute atomic E-state index is 14.2. The second-order valence-corrected chi connectivity index (χ2v) is 18.5. The second-order valence-electron chi connectivity index (χ2n) is 17.5. The van der Waals surface area contributed by atoms with Gasteiger partial charge in [0.05, 0.1) is 13.2 Å². The number of hydrogen-bond donors (Lipinski definition) is 20. The van der Waals surface area contributed by atoms with Crippen LogP contribution in [0.5, 0.6) is 0 Å². The smallest absolute Gasteiger partial charge is 0.326 e. The molecule has 430 valence electrons. The summed E-state index contributed by atoms with van der Waals surface area (Å²) in [6, 6.07) is -13.3. The molecule has 0 unspecified atom stereocenters. The molecule has 0 aromatic rings. The molecular weight excluding hydrogens is 1030 g/mol. The van der Waals surface area contributed by atoms with Crippen molar-refractivity contribution in [3.8, 4) is 0 Å². The number of thioether (sulfide) groups is 1. The molecule has 0 saturated heterocycles. The van der Waals surface area contributed by atoms with Crippen LogP contribution in [0.15, 0.2) is 0 Å². The predicted molar refractivity (Wildman–Crippen MR) is 274 cm³/mol. The predicted octanol–water partition coefficient (Wildman–Crippen LogP) is -7.51. The average Bonchev–Trinajstić information content (AvgIpc) is 3.34. The van der Waals surface area contributed by atoms with Crippen molar-refractivity contribution in [3.63, 3.8) is 0 Å². The zero-order valence-electron chi connectivity index (χ0n) is 43.1. The minimum absolute atomic E-state index is 0.00894. The molecule has 9 atom stereocenters. The molecule has 0 aliphatic rings. The summed E-state index contributed by atoms with van der Waals surface area (Å²) in [7, 11) is 0. The standard InChI is InChI=1S/C43H77N17O15S/c1-20(2)32(41(74)75)60-34(67)22(4)52-33(66)21(3)53-35(68)26(11-13-31(64)65)57-39(72)27(14-17-76-5)58-37(70)23(8-6-15-50-42(46)47)55-36(69)24(9-7-16-51-43(48)49)56-40(73)28(19-61)59-38(71)25(10-12-29(45)62)54-30(63)18-44/h20-28,32,61H,6-19,44H2,1-5H3,(H2,45,62)(H,52,66)(H,53,68)(H,54,63)(H,55,69)(H,56,73)(H,57,72)(H,58,70)(H,59,71)(H,60,67)(H,64,65)(H,74,75)(H4,46,47,50)(H4,48,49,51)/t21-,22-,23-,24-,25-,26-,27-,28-,32-/m0/s1. The lowest BCUT2D eigenvalue weighted by Gasteiger charge is -2.28. The highest BCUT2D eigenvalue weighted by Crippen LogP contribution is 2.09. The Bertz CT molecular complexity index is 2050. The number of aliphatic carboxylic acids is 2. The fourth-order valence-electron chi connectivity index (χ4n) is 6.58. The topological polar surface area (TPSA) is 550 Å². The van der Waals surface area contributed by atoms with Crippen LogP contribution < -0.4 is 81.4 Å². The zero-order valence-corrected chi connectivity index (χ0v) is 43.9. The summed E-state index contributed by atoms with van der Waals surface area (Å²) in [5.41, 5.74) is 21.3. The van der Waals surface area contributed by atoms with Crippen molar-refractivity contribution in [1.29, 1.82) is 10.8 Å². The molecular formula is C43H77N17O15S. The molecule has 0 heterocycles. The van der Waals surface area contributed by atoms with E-state index in [2.05, 4.69) is 58.5 Å². The van der Waals surface area contributed by atoms with Crippen molar-refractivity contribution < 1.29 is 72.9 Å². The zero-order chi connectivity index (χ0) is 58.2. The number of rotatable bonds is 38. The second kappa shape index (κ2) is 36.4. The number of hydrogen-bond acceptors (Lipinski definition) is 17. The van der Waals surface area contributed by atoms with E-state index in [0.717, 1.165) is 0 Å². The molecule has 0 aliphatic heterocycles. The number of amides is 10. The van der Waals surface area contributed by atoms with Crippen molar-refractivity contribution in [3.05, 3.63) is 0 Å². The highest BCUT2D eigenvalue weighted by Gasteiger charge is 2.35. The van der Waals surface area contributed by atoms with Gasteiger partial charge in [-0.1, -0.05) is 13.8 Å². The van der Waals surface area contributed by atoms with Crippen LogP contribution in [0.4, 0.5) is 0 Å². The number of nitrogens with one attached hydrogen (secondary N) is 13. The average molecular weight is 1100 g/mol. The van der Waals surface area contributed by atoms with Gasteiger partial charge < -0.3 is 96.7 Å². The maximum atomic E-state index is 14.2. The van der Waals surface area contributed by atoms with E-state index in [4.69, 9.17) is 33.8 Å². The van der Waals surface area contributed by atoms with Gasteiger partial charge in [0.25, 0.3) is 0 Å². The summed E-state index contributed by atoms with van der Waals surface area (Å²) in [6.07, 6.45) is -0.541. The lowest BCUT2D eigenvalue weighted by atomic mass is 10.0. The van der Waals surface area contributed by atoms with Gasteiger partial charge in [0.1, 0.15) is 54.4 Å². The van der Waals surface area contributed by atoms with E-state index in [1.54, 1.807) is 20.1 Å². The van der Waals surface area contributed by atoms with Crippen molar-refractivity contribution in [2.75, 3.05) is 38.2 Å². The number of aliphatic hydroxyl groups excluding tert-OH is 1. The molecule has 24 N–H and O–H groups in total. The summed E-state index contributed by atoms with van der Waals surface area (Å²) in [4.78, 5) is 155. The van der Waals surface area contributed by atoms with Crippen LogP contribution in [0, 0.1) is 16.7 Å². The number of aliphatic hydroxyl groups is 1. The van der Waals surface area contributed by atoms with Crippen LogP contribution in [0.2, 0.25) is 0 Å². The largest absolute Gasteiger partial charge is 0.481 e. The molecule has 32 nitrogen and oxygen atoms in total. The van der Waals surface area contributed by atoms with E-state index in [1.165, 1.54) is 25.6 Å². The number of carboxylic acids is 2. The summed E-state index contributed by atoms with van der Waals surface area (Å²) < 4.78 is 0. The van der Waals surface area contributed by atoms with Crippen molar-refractivity contribution in [2.45, 2.75) is 140 Å². The fourth-order valence-corrected chi connectivity index (χ4v) is 7.05. The van der Waals surface area contributed by atoms with E-state index in [0.29, 0.717) is 0 Å². The van der Waals surface area contributed by atoms with Crippen molar-refractivity contribution in [2.24, 2.45) is 28.9 Å². The van der Waals surface area contributed by atoms with Crippen molar-refractivity contribution in [1.82, 2.24) is 58.5 Å². The number of carbonyl (C=O) groups is 12. The van der Waals surface area contributed by atoms with Gasteiger partial charge in [0.15, 0.2) is 11.9 Å². The normalized spacial score (nSPS) is 14.4. The Hall–Kier alpha value is -7.55. The summed E-state index contributed by atoms with van der Waals surface area (Å²) in [5.74, 6) is -13.3. The van der Waals surface area contributed by atoms with E-state index in [-0.39, 0.29) is 63.8 Å². The molecule has 0 spiro atoms. The third-order valence-electron chi connectivity index (χ3n) is 10.8. The number of primary amides is 1. The van der Waals surface area contributed by atoms with Gasteiger partial charge in [-0.3, -0.25) is 63.6 Å². The van der Waals surface area contributed by atoms with Gasteiger partial charge in [0.2, 0.25) is 59.1 Å². The summed E-state index contributed by atoms with van der Waals surface area (Å²) in [6.45, 7) is 4.06. The number of carboxylic acid groups (broad SMARTS) is 2. The summed E-state index contributed by atoms with van der Waals surface area (Å²) in [5, 5.41) is 70.4. The maximum Gasteiger partial charge on any atom is 0.326 e. The van der Waals surface area contributed by atoms with Gasteiger partial charge in [-0.2, -0.15) is 11.8 Å². The molecule has 0 aromatic heterocycles. The van der Waals surface area contributed by atoms with Gasteiger partial charge in [-0.15, -0.1) is 0 Å². The molecule has 10 amide bonds. The molecule has 0 rings (SSSR count). The van der Waals surface area contributed by atoms with E-state index >= 15 is 0 Å². The molecule has 0 aliphatic carbocycles. The first-order chi connectivity index (χ1) is 35.6. The Morgan fingerprint density at radius 3 is 1.25 bits per heavy atom. The Kier molecular flexibility index (Phi) is 32.8. The highest BCUT2D eigenvalue weighted by atomic mass is 32.2. The van der Waals surface area contributed by atoms with Crippen LogP contribution >= 0.6 is 11.8 Å². The van der Waals surface area contributed by atoms with Gasteiger partial charge in [-0.05, 0) is 76.7 Å². The Balaban J connectivity index is 6.71. The molecule has 0 radical (unpaired) electrons. The van der Waals surface area contributed by atoms with Crippen LogP contribution in [0.25, 0.3) is 0 Å². The number of guanidine groups is 2. The lowest BCUT2D eigenvalue weighted by molar-refractivity contribution is -0.143. The van der Waals surface area contributed by atoms with Crippen LogP contribution in [-0.2, 0) is 57.5 Å². The molecule has 76 heavy (non-hydrogen) atoms. The van der Waals surface area contributed by atoms with Crippen molar-refractivity contribution >= 4 is 94.7 Å². The van der Waals surface area contributed by atoms with E-state index in [9.17, 15) is 72.9 Å².